The van der Waals surface area contributed by atoms with Crippen LogP contribution in [0.4, 0.5) is 0 Å². The summed E-state index contributed by atoms with van der Waals surface area (Å²) in [5.74, 6) is 0. The van der Waals surface area contributed by atoms with Gasteiger partial charge in [0.2, 0.25) is 0 Å². The molecule has 1 nitrogen and oxygen atoms in total. The van der Waals surface area contributed by atoms with Gasteiger partial charge in [-0.05, 0) is 18.6 Å². The summed E-state index contributed by atoms with van der Waals surface area (Å²) < 4.78 is 0. The molecule has 0 amide bonds. The first-order chi connectivity index (χ1) is 6.68. The van der Waals surface area contributed by atoms with Crippen molar-refractivity contribution >= 4 is 6.08 Å². The van der Waals surface area contributed by atoms with Crippen molar-refractivity contribution in [3.8, 4) is 0 Å². The zero-order valence-electron chi connectivity index (χ0n) is 8.46. The molecule has 0 radical (unpaired) electrons. The molecule has 0 aliphatic rings. The minimum absolute atomic E-state index is 0.848. The van der Waals surface area contributed by atoms with Crippen molar-refractivity contribution < 1.29 is 0 Å². The zero-order valence-corrected chi connectivity index (χ0v) is 8.46. The van der Waals surface area contributed by atoms with E-state index in [-0.39, 0.29) is 0 Å². The van der Waals surface area contributed by atoms with Crippen LogP contribution in [0, 0.1) is 0 Å². The van der Waals surface area contributed by atoms with E-state index in [0.29, 0.717) is 0 Å². The molecule has 0 saturated heterocycles. The van der Waals surface area contributed by atoms with Gasteiger partial charge in [0.1, 0.15) is 0 Å². The summed E-state index contributed by atoms with van der Waals surface area (Å²) >= 11 is 0. The van der Waals surface area contributed by atoms with Crippen molar-refractivity contribution in [3.63, 3.8) is 0 Å². The van der Waals surface area contributed by atoms with Gasteiger partial charge in [-0.3, -0.25) is 0 Å². The molecule has 14 heavy (non-hydrogen) atoms. The average Bonchev–Trinajstić information content (AvgIpc) is 2.15. The molecule has 0 bridgehead atoms. The second-order valence-electron chi connectivity index (χ2n) is 3.17. The topological polar surface area (TPSA) is 12.0 Å². The highest BCUT2D eigenvalue weighted by atomic mass is 14.9. The number of rotatable bonds is 4. The van der Waals surface area contributed by atoms with Crippen molar-refractivity contribution in [3.05, 3.63) is 66.5 Å². The first-order valence-corrected chi connectivity index (χ1v) is 4.53. The second kappa shape index (κ2) is 5.07. The number of nitrogens with one attached hydrogen (secondary N) is 1. The van der Waals surface area contributed by atoms with Crippen LogP contribution in [0.1, 0.15) is 12.5 Å². The molecule has 0 spiro atoms. The molecule has 0 atom stereocenters. The Labute approximate surface area is 85.5 Å². The van der Waals surface area contributed by atoms with Crippen LogP contribution in [0.5, 0.6) is 0 Å². The largest absolute Gasteiger partial charge is 0.360 e. The van der Waals surface area contributed by atoms with Gasteiger partial charge in [0.25, 0.3) is 0 Å². The van der Waals surface area contributed by atoms with Gasteiger partial charge in [-0.15, -0.1) is 0 Å². The molecule has 0 fully saturated rings. The SMILES string of the molecule is C=C(C)NC(=C)/C=C/c1ccccc1. The molecule has 1 N–H and O–H groups in total. The van der Waals surface area contributed by atoms with E-state index in [2.05, 4.69) is 18.5 Å². The molecule has 0 aromatic heterocycles. The smallest absolute Gasteiger partial charge is 0.0308 e. The summed E-state index contributed by atoms with van der Waals surface area (Å²) in [7, 11) is 0. The van der Waals surface area contributed by atoms with Crippen LogP contribution in [0.3, 0.4) is 0 Å². The first kappa shape index (κ1) is 10.3. The van der Waals surface area contributed by atoms with Gasteiger partial charge in [-0.1, -0.05) is 49.6 Å². The van der Waals surface area contributed by atoms with Crippen LogP contribution in [0.2, 0.25) is 0 Å². The minimum Gasteiger partial charge on any atom is -0.360 e. The van der Waals surface area contributed by atoms with Crippen LogP contribution >= 0.6 is 0 Å². The van der Waals surface area contributed by atoms with Crippen LogP contribution in [-0.4, -0.2) is 0 Å². The van der Waals surface area contributed by atoms with Crippen molar-refractivity contribution in [2.45, 2.75) is 6.92 Å². The Kier molecular flexibility index (Phi) is 3.74. The summed E-state index contributed by atoms with van der Waals surface area (Å²) in [6.07, 6.45) is 3.95. The van der Waals surface area contributed by atoms with Crippen molar-refractivity contribution in [2.24, 2.45) is 0 Å². The predicted octanol–water partition coefficient (Wildman–Crippen LogP) is 3.34. The van der Waals surface area contributed by atoms with E-state index < -0.39 is 0 Å². The van der Waals surface area contributed by atoms with Gasteiger partial charge in [0.15, 0.2) is 0 Å². The fourth-order valence-electron chi connectivity index (χ4n) is 1.08. The Morgan fingerprint density at radius 3 is 2.43 bits per heavy atom. The maximum atomic E-state index is 3.85. The Bertz CT molecular complexity index is 347. The number of benzene rings is 1. The maximum absolute atomic E-state index is 3.85. The summed E-state index contributed by atoms with van der Waals surface area (Å²) in [6.45, 7) is 9.50. The monoisotopic (exact) mass is 185 g/mol. The van der Waals surface area contributed by atoms with E-state index in [1.165, 1.54) is 0 Å². The van der Waals surface area contributed by atoms with Gasteiger partial charge >= 0.3 is 0 Å². The van der Waals surface area contributed by atoms with Gasteiger partial charge in [-0.2, -0.15) is 0 Å². The van der Waals surface area contributed by atoms with E-state index in [0.717, 1.165) is 17.0 Å². The molecular weight excluding hydrogens is 170 g/mol. The lowest BCUT2D eigenvalue weighted by Gasteiger charge is -2.02. The van der Waals surface area contributed by atoms with Crippen molar-refractivity contribution in [1.82, 2.24) is 5.32 Å². The third-order valence-electron chi connectivity index (χ3n) is 1.65. The summed E-state index contributed by atoms with van der Waals surface area (Å²) in [6, 6.07) is 10.1. The van der Waals surface area contributed by atoms with Crippen LogP contribution in [0.25, 0.3) is 6.08 Å². The fraction of sp³-hybridized carbons (Fsp3) is 0.0769. The van der Waals surface area contributed by atoms with Gasteiger partial charge in [0.05, 0.1) is 0 Å². The Hall–Kier alpha value is -1.76. The predicted molar refractivity (Wildman–Crippen MR) is 62.6 cm³/mol. The molecule has 0 saturated carbocycles. The molecule has 1 aromatic rings. The third-order valence-corrected chi connectivity index (χ3v) is 1.65. The Balaban J connectivity index is 2.56. The Morgan fingerprint density at radius 1 is 1.21 bits per heavy atom. The molecule has 1 rings (SSSR count). The first-order valence-electron chi connectivity index (χ1n) is 4.53. The molecule has 1 aromatic carbocycles. The van der Waals surface area contributed by atoms with Gasteiger partial charge in [-0.25, -0.2) is 0 Å². The molecule has 0 aliphatic heterocycles. The Morgan fingerprint density at radius 2 is 1.86 bits per heavy atom. The highest BCUT2D eigenvalue weighted by Gasteiger charge is 1.87. The number of hydrogen-bond donors (Lipinski definition) is 1. The van der Waals surface area contributed by atoms with Crippen LogP contribution in [-0.2, 0) is 0 Å². The zero-order chi connectivity index (χ0) is 10.4. The van der Waals surface area contributed by atoms with E-state index in [4.69, 9.17) is 0 Å². The third kappa shape index (κ3) is 3.76. The molecule has 72 valence electrons. The molecule has 0 unspecified atom stereocenters. The average molecular weight is 185 g/mol. The standard InChI is InChI=1S/C13H15N/c1-11(2)14-12(3)9-10-13-7-5-4-6-8-13/h4-10,14H,1,3H2,2H3/b10-9+. The minimum atomic E-state index is 0.848. The van der Waals surface area contributed by atoms with Crippen LogP contribution < -0.4 is 5.32 Å². The lowest BCUT2D eigenvalue weighted by Crippen LogP contribution is -2.05. The molecular formula is C13H15N. The molecule has 0 aliphatic carbocycles. The van der Waals surface area contributed by atoms with Crippen LogP contribution in [0.15, 0.2) is 61.0 Å². The van der Waals surface area contributed by atoms with Crippen molar-refractivity contribution in [2.75, 3.05) is 0 Å². The lowest BCUT2D eigenvalue weighted by atomic mass is 10.2. The lowest BCUT2D eigenvalue weighted by molar-refractivity contribution is 1.02. The summed E-state index contributed by atoms with van der Waals surface area (Å²) in [5.41, 5.74) is 2.91. The maximum Gasteiger partial charge on any atom is 0.0308 e. The summed E-state index contributed by atoms with van der Waals surface area (Å²) in [5, 5.41) is 3.04. The highest BCUT2D eigenvalue weighted by Crippen LogP contribution is 2.03. The number of allylic oxidation sites excluding steroid dienone is 2. The second-order valence-corrected chi connectivity index (χ2v) is 3.17. The normalized spacial score (nSPS) is 10.1. The van der Waals surface area contributed by atoms with E-state index in [1.54, 1.807) is 0 Å². The molecule has 0 heterocycles. The van der Waals surface area contributed by atoms with Gasteiger partial charge in [0, 0.05) is 11.4 Å². The van der Waals surface area contributed by atoms with Gasteiger partial charge < -0.3 is 5.32 Å². The van der Waals surface area contributed by atoms with E-state index in [1.807, 2.05) is 49.4 Å². The highest BCUT2D eigenvalue weighted by molar-refractivity contribution is 5.52. The van der Waals surface area contributed by atoms with Crippen molar-refractivity contribution in [1.29, 1.82) is 0 Å². The van der Waals surface area contributed by atoms with E-state index in [9.17, 15) is 0 Å². The van der Waals surface area contributed by atoms with E-state index >= 15 is 0 Å². The fourth-order valence-corrected chi connectivity index (χ4v) is 1.08. The quantitative estimate of drug-likeness (QED) is 0.709. The summed E-state index contributed by atoms with van der Waals surface area (Å²) in [4.78, 5) is 0. The number of hydrogen-bond acceptors (Lipinski definition) is 1. The molecule has 1 heteroatoms.